The number of H-pyrrole nitrogens is 1. The number of likely N-dealkylation sites (N-methyl/N-ethyl adjacent to an activating group) is 1. The Balaban J connectivity index is 1.49. The number of carbonyl (C=O) groups is 3. The van der Waals surface area contributed by atoms with Crippen molar-refractivity contribution in [3.05, 3.63) is 65.5 Å². The molecule has 32 heavy (non-hydrogen) atoms. The molecule has 1 aliphatic heterocycles. The third-order valence-electron chi connectivity index (χ3n) is 5.87. The lowest BCUT2D eigenvalue weighted by molar-refractivity contribution is -0.148. The molecule has 2 atom stereocenters. The molecule has 1 aromatic carbocycles. The summed E-state index contributed by atoms with van der Waals surface area (Å²) in [6.45, 7) is 1.98. The Labute approximate surface area is 185 Å². The maximum atomic E-state index is 12.8. The molecule has 2 aromatic heterocycles. The molecule has 0 radical (unpaired) electrons. The number of ether oxygens (including phenoxy) is 1. The Kier molecular flexibility index (Phi) is 5.77. The predicted octanol–water partition coefficient (Wildman–Crippen LogP) is 3.08. The van der Waals surface area contributed by atoms with Gasteiger partial charge in [-0.25, -0.2) is 4.98 Å². The van der Waals surface area contributed by atoms with Crippen molar-refractivity contribution in [2.45, 2.75) is 19.4 Å². The van der Waals surface area contributed by atoms with E-state index in [9.17, 15) is 14.4 Å². The molecule has 0 bridgehead atoms. The Morgan fingerprint density at radius 2 is 2.09 bits per heavy atom. The van der Waals surface area contributed by atoms with Crippen molar-refractivity contribution >= 4 is 40.6 Å². The van der Waals surface area contributed by atoms with Crippen molar-refractivity contribution < 1.29 is 19.1 Å². The van der Waals surface area contributed by atoms with Crippen LogP contribution in [0.2, 0.25) is 0 Å². The van der Waals surface area contributed by atoms with Crippen LogP contribution in [0.15, 0.2) is 48.8 Å². The first-order chi connectivity index (χ1) is 15.4. The van der Waals surface area contributed by atoms with Crippen LogP contribution in [0.1, 0.15) is 29.7 Å². The summed E-state index contributed by atoms with van der Waals surface area (Å²) < 4.78 is 4.70. The molecule has 8 heteroatoms. The lowest BCUT2D eigenvalue weighted by Gasteiger charge is -2.23. The van der Waals surface area contributed by atoms with Crippen LogP contribution in [0.4, 0.5) is 5.82 Å². The van der Waals surface area contributed by atoms with E-state index in [1.54, 1.807) is 24.2 Å². The molecule has 4 rings (SSSR count). The van der Waals surface area contributed by atoms with Gasteiger partial charge >= 0.3 is 5.97 Å². The number of carbonyl (C=O) groups excluding carboxylic acids is 3. The van der Waals surface area contributed by atoms with E-state index in [0.29, 0.717) is 11.4 Å². The summed E-state index contributed by atoms with van der Waals surface area (Å²) >= 11 is 0. The smallest absolute Gasteiger partial charge is 0.318 e. The van der Waals surface area contributed by atoms with Gasteiger partial charge in [-0.05, 0) is 48.2 Å². The van der Waals surface area contributed by atoms with Crippen molar-refractivity contribution in [2.24, 2.45) is 5.92 Å². The van der Waals surface area contributed by atoms with Crippen LogP contribution in [0.5, 0.6) is 0 Å². The summed E-state index contributed by atoms with van der Waals surface area (Å²) in [5.41, 5.74) is 3.49. The van der Waals surface area contributed by atoms with Gasteiger partial charge in [0.15, 0.2) is 0 Å². The Bertz CT molecular complexity index is 1230. The van der Waals surface area contributed by atoms with E-state index in [4.69, 9.17) is 4.74 Å². The largest absolute Gasteiger partial charge is 0.468 e. The zero-order chi connectivity index (χ0) is 22.8. The fourth-order valence-electron chi connectivity index (χ4n) is 3.86. The average molecular weight is 432 g/mol. The summed E-state index contributed by atoms with van der Waals surface area (Å²) in [4.78, 5) is 45.9. The van der Waals surface area contributed by atoms with Gasteiger partial charge in [-0.1, -0.05) is 18.2 Å². The van der Waals surface area contributed by atoms with E-state index in [-0.39, 0.29) is 18.4 Å². The van der Waals surface area contributed by atoms with E-state index in [2.05, 4.69) is 15.3 Å². The molecule has 164 valence electrons. The number of amides is 2. The molecule has 0 saturated heterocycles. The molecule has 1 aliphatic rings. The Morgan fingerprint density at radius 1 is 1.31 bits per heavy atom. The van der Waals surface area contributed by atoms with Crippen molar-refractivity contribution in [1.29, 1.82) is 0 Å². The standard InChI is InChI=1S/C24H24N4O4/c1-14(19-13-25-20-7-5-4-6-17(19)20)28(2)21(29)9-8-15-10-16-11-18(24(31)32-3)23(30)27-22(16)26-12-15/h4-10,12-14,18,25H,11H2,1-3H3,(H,26,27,30). The van der Waals surface area contributed by atoms with Gasteiger partial charge in [0.2, 0.25) is 11.8 Å². The summed E-state index contributed by atoms with van der Waals surface area (Å²) in [5.74, 6) is -1.65. The molecule has 0 spiro atoms. The third kappa shape index (κ3) is 3.99. The number of fused-ring (bicyclic) bond motifs is 2. The van der Waals surface area contributed by atoms with E-state index >= 15 is 0 Å². The maximum Gasteiger partial charge on any atom is 0.318 e. The number of benzene rings is 1. The lowest BCUT2D eigenvalue weighted by Crippen LogP contribution is -2.36. The second-order valence-electron chi connectivity index (χ2n) is 7.79. The van der Waals surface area contributed by atoms with Gasteiger partial charge in [-0.3, -0.25) is 14.4 Å². The molecule has 0 aliphatic carbocycles. The number of pyridine rings is 1. The highest BCUT2D eigenvalue weighted by Crippen LogP contribution is 2.28. The van der Waals surface area contributed by atoms with Gasteiger partial charge < -0.3 is 19.9 Å². The predicted molar refractivity (Wildman–Crippen MR) is 121 cm³/mol. The number of hydrogen-bond acceptors (Lipinski definition) is 5. The highest BCUT2D eigenvalue weighted by Gasteiger charge is 2.33. The van der Waals surface area contributed by atoms with Gasteiger partial charge in [0.25, 0.3) is 0 Å². The molecule has 2 unspecified atom stereocenters. The van der Waals surface area contributed by atoms with Gasteiger partial charge in [0, 0.05) is 36.4 Å². The fourth-order valence-corrected chi connectivity index (χ4v) is 3.86. The van der Waals surface area contributed by atoms with E-state index < -0.39 is 17.8 Å². The van der Waals surface area contributed by atoms with Crippen molar-refractivity contribution in [1.82, 2.24) is 14.9 Å². The quantitative estimate of drug-likeness (QED) is 0.366. The SMILES string of the molecule is COC(=O)C1Cc2cc(C=CC(=O)N(C)C(C)c3c[nH]c4ccccc34)cnc2NC1=O. The zero-order valence-electron chi connectivity index (χ0n) is 18.1. The molecule has 3 aromatic rings. The van der Waals surface area contributed by atoms with E-state index in [0.717, 1.165) is 22.0 Å². The minimum Gasteiger partial charge on any atom is -0.468 e. The number of anilines is 1. The second kappa shape index (κ2) is 8.66. The van der Waals surface area contributed by atoms with E-state index in [1.807, 2.05) is 43.5 Å². The molecule has 8 nitrogen and oxygen atoms in total. The third-order valence-corrected chi connectivity index (χ3v) is 5.87. The van der Waals surface area contributed by atoms with Crippen molar-refractivity contribution in [3.8, 4) is 0 Å². The number of nitrogens with one attached hydrogen (secondary N) is 2. The van der Waals surface area contributed by atoms with Crippen LogP contribution in [-0.2, 0) is 25.5 Å². The van der Waals surface area contributed by atoms with Gasteiger partial charge in [-0.15, -0.1) is 0 Å². The topological polar surface area (TPSA) is 104 Å². The molecule has 0 fully saturated rings. The van der Waals surface area contributed by atoms with Gasteiger partial charge in [0.05, 0.1) is 13.2 Å². The van der Waals surface area contributed by atoms with Crippen LogP contribution in [0.3, 0.4) is 0 Å². The van der Waals surface area contributed by atoms with Gasteiger partial charge in [-0.2, -0.15) is 0 Å². The molecule has 2 N–H and O–H groups in total. The zero-order valence-corrected chi connectivity index (χ0v) is 18.1. The van der Waals surface area contributed by atoms with Crippen molar-refractivity contribution in [3.63, 3.8) is 0 Å². The van der Waals surface area contributed by atoms with Crippen LogP contribution in [-0.4, -0.2) is 46.8 Å². The first-order valence-electron chi connectivity index (χ1n) is 10.3. The highest BCUT2D eigenvalue weighted by atomic mass is 16.5. The summed E-state index contributed by atoms with van der Waals surface area (Å²) in [5, 5.41) is 3.72. The monoisotopic (exact) mass is 432 g/mol. The second-order valence-corrected chi connectivity index (χ2v) is 7.79. The van der Waals surface area contributed by atoms with Crippen LogP contribution in [0, 0.1) is 5.92 Å². The minimum absolute atomic E-state index is 0.124. The maximum absolute atomic E-state index is 12.8. The Hall–Kier alpha value is -3.94. The van der Waals surface area contributed by atoms with Crippen LogP contribution in [0.25, 0.3) is 17.0 Å². The number of rotatable bonds is 5. The first kappa shape index (κ1) is 21.3. The average Bonchev–Trinajstić information content (AvgIpc) is 3.24. The van der Waals surface area contributed by atoms with Crippen molar-refractivity contribution in [2.75, 3.05) is 19.5 Å². The molecular formula is C24H24N4O4. The summed E-state index contributed by atoms with van der Waals surface area (Å²) in [6, 6.07) is 9.67. The fraction of sp³-hybridized carbons (Fsp3) is 0.250. The molecule has 0 saturated carbocycles. The number of aromatic amines is 1. The highest BCUT2D eigenvalue weighted by molar-refractivity contribution is 6.06. The molecular weight excluding hydrogens is 408 g/mol. The number of methoxy groups -OCH3 is 1. The minimum atomic E-state index is -0.904. The molecule has 3 heterocycles. The number of nitrogens with zero attached hydrogens (tertiary/aromatic N) is 2. The number of hydrogen-bond donors (Lipinski definition) is 2. The number of aromatic nitrogens is 2. The van der Waals surface area contributed by atoms with Crippen LogP contribution >= 0.6 is 0 Å². The normalized spacial score (nSPS) is 16.5. The van der Waals surface area contributed by atoms with Gasteiger partial charge in [0.1, 0.15) is 11.7 Å². The summed E-state index contributed by atoms with van der Waals surface area (Å²) in [7, 11) is 3.02. The lowest BCUT2D eigenvalue weighted by atomic mass is 9.94. The Morgan fingerprint density at radius 3 is 2.88 bits per heavy atom. The summed E-state index contributed by atoms with van der Waals surface area (Å²) in [6.07, 6.45) is 6.88. The molecule has 2 amide bonds. The number of esters is 1. The van der Waals surface area contributed by atoms with Crippen LogP contribution < -0.4 is 5.32 Å². The number of para-hydroxylation sites is 1. The van der Waals surface area contributed by atoms with E-state index in [1.165, 1.54) is 13.2 Å². The first-order valence-corrected chi connectivity index (χ1v) is 10.3.